The van der Waals surface area contributed by atoms with Crippen molar-refractivity contribution in [1.29, 1.82) is 0 Å². The van der Waals surface area contributed by atoms with E-state index in [1.54, 1.807) is 0 Å². The molecule has 2 nitrogen and oxygen atoms in total. The van der Waals surface area contributed by atoms with Crippen molar-refractivity contribution in [1.82, 2.24) is 5.32 Å². The number of hydrogen-bond donors (Lipinski definition) is 1. The SMILES string of the molecule is COC1CCC(NC(C)c2ccc(C(C)C)cc2)C1. The summed E-state index contributed by atoms with van der Waals surface area (Å²) in [5.41, 5.74) is 2.79. The van der Waals surface area contributed by atoms with Gasteiger partial charge in [-0.05, 0) is 43.2 Å². The molecule has 0 heterocycles. The van der Waals surface area contributed by atoms with Crippen molar-refractivity contribution in [2.45, 2.75) is 64.1 Å². The van der Waals surface area contributed by atoms with Gasteiger partial charge in [-0.15, -0.1) is 0 Å². The van der Waals surface area contributed by atoms with Gasteiger partial charge in [-0.1, -0.05) is 38.1 Å². The van der Waals surface area contributed by atoms with E-state index >= 15 is 0 Å². The molecule has 0 aromatic heterocycles. The summed E-state index contributed by atoms with van der Waals surface area (Å²) in [7, 11) is 1.82. The average Bonchev–Trinajstić information content (AvgIpc) is 2.86. The first-order chi connectivity index (χ1) is 9.10. The van der Waals surface area contributed by atoms with E-state index in [9.17, 15) is 0 Å². The first-order valence-electron chi connectivity index (χ1n) is 7.49. The Hall–Kier alpha value is -0.860. The van der Waals surface area contributed by atoms with E-state index in [2.05, 4.69) is 50.4 Å². The molecule has 3 atom stereocenters. The molecule has 1 aromatic carbocycles. The van der Waals surface area contributed by atoms with Gasteiger partial charge in [0.2, 0.25) is 0 Å². The molecule has 106 valence electrons. The minimum Gasteiger partial charge on any atom is -0.381 e. The second kappa shape index (κ2) is 6.53. The van der Waals surface area contributed by atoms with E-state index in [0.717, 1.165) is 6.42 Å². The largest absolute Gasteiger partial charge is 0.381 e. The zero-order chi connectivity index (χ0) is 13.8. The van der Waals surface area contributed by atoms with Crippen LogP contribution in [0.4, 0.5) is 0 Å². The van der Waals surface area contributed by atoms with Crippen LogP contribution in [0.5, 0.6) is 0 Å². The van der Waals surface area contributed by atoms with Crippen molar-refractivity contribution in [3.63, 3.8) is 0 Å². The Bertz CT molecular complexity index is 385. The van der Waals surface area contributed by atoms with E-state index in [4.69, 9.17) is 4.74 Å². The summed E-state index contributed by atoms with van der Waals surface area (Å²) in [6.07, 6.45) is 4.01. The Morgan fingerprint density at radius 2 is 1.68 bits per heavy atom. The fraction of sp³-hybridized carbons (Fsp3) is 0.647. The van der Waals surface area contributed by atoms with Crippen LogP contribution in [0.3, 0.4) is 0 Å². The number of nitrogens with one attached hydrogen (secondary N) is 1. The summed E-state index contributed by atoms with van der Waals surface area (Å²) < 4.78 is 5.43. The number of methoxy groups -OCH3 is 1. The molecule has 3 unspecified atom stereocenters. The fourth-order valence-electron chi connectivity index (χ4n) is 2.92. The van der Waals surface area contributed by atoms with E-state index in [0.29, 0.717) is 24.1 Å². The second-order valence-corrected chi connectivity index (χ2v) is 6.08. The molecule has 1 aromatic rings. The normalized spacial score (nSPS) is 24.9. The molecule has 1 aliphatic carbocycles. The van der Waals surface area contributed by atoms with E-state index in [1.165, 1.54) is 24.0 Å². The van der Waals surface area contributed by atoms with Gasteiger partial charge in [-0.3, -0.25) is 0 Å². The fourth-order valence-corrected chi connectivity index (χ4v) is 2.92. The van der Waals surface area contributed by atoms with Gasteiger partial charge in [-0.25, -0.2) is 0 Å². The predicted octanol–water partition coefficient (Wildman–Crippen LogP) is 4.03. The molecule has 1 saturated carbocycles. The standard InChI is InChI=1S/C17H27NO/c1-12(2)14-5-7-15(8-6-14)13(3)18-16-9-10-17(11-16)19-4/h5-8,12-13,16-18H,9-11H2,1-4H3. The maximum absolute atomic E-state index is 5.43. The minimum atomic E-state index is 0.418. The van der Waals surface area contributed by atoms with Gasteiger partial charge in [0.15, 0.2) is 0 Å². The maximum Gasteiger partial charge on any atom is 0.0586 e. The van der Waals surface area contributed by atoms with Gasteiger partial charge in [-0.2, -0.15) is 0 Å². The summed E-state index contributed by atoms with van der Waals surface area (Å²) in [6.45, 7) is 6.73. The number of ether oxygens (including phenoxy) is 1. The summed E-state index contributed by atoms with van der Waals surface area (Å²) in [5.74, 6) is 0.606. The molecule has 0 bridgehead atoms. The molecule has 0 saturated heterocycles. The van der Waals surface area contributed by atoms with Gasteiger partial charge in [0.1, 0.15) is 0 Å². The van der Waals surface area contributed by atoms with E-state index in [1.807, 2.05) is 7.11 Å². The quantitative estimate of drug-likeness (QED) is 0.864. The number of benzene rings is 1. The molecule has 0 amide bonds. The number of rotatable bonds is 5. The van der Waals surface area contributed by atoms with Crippen molar-refractivity contribution in [2.75, 3.05) is 7.11 Å². The van der Waals surface area contributed by atoms with Gasteiger partial charge in [0.05, 0.1) is 6.10 Å². The monoisotopic (exact) mass is 261 g/mol. The van der Waals surface area contributed by atoms with Crippen LogP contribution in [0, 0.1) is 0 Å². The lowest BCUT2D eigenvalue weighted by atomic mass is 9.99. The highest BCUT2D eigenvalue weighted by Gasteiger charge is 2.25. The summed E-state index contributed by atoms with van der Waals surface area (Å²) >= 11 is 0. The van der Waals surface area contributed by atoms with Crippen LogP contribution in [0.1, 0.15) is 63.1 Å². The smallest absolute Gasteiger partial charge is 0.0586 e. The van der Waals surface area contributed by atoms with Crippen LogP contribution in [0.15, 0.2) is 24.3 Å². The Morgan fingerprint density at radius 3 is 2.21 bits per heavy atom. The topological polar surface area (TPSA) is 21.3 Å². The molecule has 1 N–H and O–H groups in total. The maximum atomic E-state index is 5.43. The molecular formula is C17H27NO. The Kier molecular flexibility index (Phi) is 5.00. The van der Waals surface area contributed by atoms with Crippen LogP contribution in [-0.2, 0) is 4.74 Å². The lowest BCUT2D eigenvalue weighted by molar-refractivity contribution is 0.106. The highest BCUT2D eigenvalue weighted by molar-refractivity contribution is 5.26. The molecule has 0 aliphatic heterocycles. The van der Waals surface area contributed by atoms with Gasteiger partial charge in [0, 0.05) is 19.2 Å². The van der Waals surface area contributed by atoms with Crippen LogP contribution >= 0.6 is 0 Å². The third-order valence-electron chi connectivity index (χ3n) is 4.31. The van der Waals surface area contributed by atoms with Gasteiger partial charge in [0.25, 0.3) is 0 Å². The highest BCUT2D eigenvalue weighted by Crippen LogP contribution is 2.25. The van der Waals surface area contributed by atoms with Gasteiger partial charge < -0.3 is 10.1 Å². The molecule has 2 heteroatoms. The molecule has 2 rings (SSSR count). The van der Waals surface area contributed by atoms with Crippen molar-refractivity contribution in [2.24, 2.45) is 0 Å². The Balaban J connectivity index is 1.91. The van der Waals surface area contributed by atoms with Crippen molar-refractivity contribution in [3.05, 3.63) is 35.4 Å². The molecule has 0 radical (unpaired) electrons. The Labute approximate surface area is 117 Å². The molecular weight excluding hydrogens is 234 g/mol. The molecule has 1 aliphatic rings. The third kappa shape index (κ3) is 3.80. The number of hydrogen-bond acceptors (Lipinski definition) is 2. The van der Waals surface area contributed by atoms with Crippen LogP contribution in [0.2, 0.25) is 0 Å². The van der Waals surface area contributed by atoms with Crippen molar-refractivity contribution >= 4 is 0 Å². The highest BCUT2D eigenvalue weighted by atomic mass is 16.5. The average molecular weight is 261 g/mol. The zero-order valence-corrected chi connectivity index (χ0v) is 12.6. The second-order valence-electron chi connectivity index (χ2n) is 6.08. The lowest BCUT2D eigenvalue weighted by Gasteiger charge is -2.20. The van der Waals surface area contributed by atoms with E-state index in [-0.39, 0.29) is 0 Å². The minimum absolute atomic E-state index is 0.418. The van der Waals surface area contributed by atoms with Crippen LogP contribution in [0.25, 0.3) is 0 Å². The molecule has 0 spiro atoms. The summed E-state index contributed by atoms with van der Waals surface area (Å²) in [4.78, 5) is 0. The van der Waals surface area contributed by atoms with Gasteiger partial charge >= 0.3 is 0 Å². The zero-order valence-electron chi connectivity index (χ0n) is 12.6. The first-order valence-corrected chi connectivity index (χ1v) is 7.49. The Morgan fingerprint density at radius 1 is 1.05 bits per heavy atom. The summed E-state index contributed by atoms with van der Waals surface area (Å²) in [5, 5.41) is 3.73. The van der Waals surface area contributed by atoms with Crippen LogP contribution < -0.4 is 5.32 Å². The lowest BCUT2D eigenvalue weighted by Crippen LogP contribution is -2.29. The van der Waals surface area contributed by atoms with E-state index < -0.39 is 0 Å². The molecule has 1 fully saturated rings. The first kappa shape index (κ1) is 14.5. The summed E-state index contributed by atoms with van der Waals surface area (Å²) in [6, 6.07) is 10.0. The van der Waals surface area contributed by atoms with Crippen LogP contribution in [-0.4, -0.2) is 19.3 Å². The molecule has 19 heavy (non-hydrogen) atoms. The van der Waals surface area contributed by atoms with Crippen molar-refractivity contribution < 1.29 is 4.74 Å². The third-order valence-corrected chi connectivity index (χ3v) is 4.31. The van der Waals surface area contributed by atoms with Crippen molar-refractivity contribution in [3.8, 4) is 0 Å². The predicted molar refractivity (Wildman–Crippen MR) is 80.5 cm³/mol.